The Morgan fingerprint density at radius 1 is 1.00 bits per heavy atom. The molecule has 124 valence electrons. The molecule has 0 saturated carbocycles. The van der Waals surface area contributed by atoms with Crippen LogP contribution in [-0.2, 0) is 9.59 Å². The number of hydrogen-bond acceptors (Lipinski definition) is 3. The van der Waals surface area contributed by atoms with Crippen molar-refractivity contribution in [2.24, 2.45) is 0 Å². The predicted molar refractivity (Wildman–Crippen MR) is 86.8 cm³/mol. The summed E-state index contributed by atoms with van der Waals surface area (Å²) in [5, 5.41) is 2.82. The molecular formula is C17H23N3O3. The van der Waals surface area contributed by atoms with Crippen molar-refractivity contribution < 1.29 is 14.4 Å². The Bertz CT molecular complexity index is 551. The van der Waals surface area contributed by atoms with Gasteiger partial charge in [0.25, 0.3) is 5.91 Å². The first-order valence-corrected chi connectivity index (χ1v) is 7.94. The molecule has 0 radical (unpaired) electrons. The Labute approximate surface area is 136 Å². The van der Waals surface area contributed by atoms with E-state index in [0.29, 0.717) is 51.1 Å². The molecule has 0 atom stereocenters. The highest BCUT2D eigenvalue weighted by molar-refractivity contribution is 5.94. The summed E-state index contributed by atoms with van der Waals surface area (Å²) in [6.45, 7) is 4.42. The van der Waals surface area contributed by atoms with E-state index in [4.69, 9.17) is 0 Å². The van der Waals surface area contributed by atoms with E-state index < -0.39 is 0 Å². The number of nitrogens with one attached hydrogen (secondary N) is 1. The molecule has 1 N–H and O–H groups in total. The van der Waals surface area contributed by atoms with Crippen LogP contribution in [-0.4, -0.2) is 60.2 Å². The minimum atomic E-state index is -0.117. The van der Waals surface area contributed by atoms with E-state index in [0.717, 1.165) is 0 Å². The maximum Gasteiger partial charge on any atom is 0.251 e. The molecular weight excluding hydrogens is 294 g/mol. The van der Waals surface area contributed by atoms with Gasteiger partial charge < -0.3 is 15.1 Å². The summed E-state index contributed by atoms with van der Waals surface area (Å²) in [4.78, 5) is 38.7. The van der Waals surface area contributed by atoms with Crippen molar-refractivity contribution in [3.63, 3.8) is 0 Å². The highest BCUT2D eigenvalue weighted by Gasteiger charge is 2.21. The Kier molecular flexibility index (Phi) is 6.14. The molecule has 6 heteroatoms. The van der Waals surface area contributed by atoms with Crippen molar-refractivity contribution in [3.8, 4) is 0 Å². The van der Waals surface area contributed by atoms with Crippen molar-refractivity contribution in [3.05, 3.63) is 35.9 Å². The topological polar surface area (TPSA) is 69.7 Å². The van der Waals surface area contributed by atoms with Crippen LogP contribution >= 0.6 is 0 Å². The number of amides is 3. The van der Waals surface area contributed by atoms with Gasteiger partial charge in [0.2, 0.25) is 11.8 Å². The average Bonchev–Trinajstić information content (AvgIpc) is 2.59. The van der Waals surface area contributed by atoms with Crippen LogP contribution in [0.25, 0.3) is 0 Å². The molecule has 1 fully saturated rings. The molecule has 1 aliphatic rings. The maximum absolute atomic E-state index is 12.1. The SMILES string of the molecule is CC(=O)N1CCN(C(=O)CCCNC(=O)c2ccccc2)CC1. The van der Waals surface area contributed by atoms with Gasteiger partial charge in [0.05, 0.1) is 0 Å². The molecule has 1 aromatic rings. The molecule has 0 spiro atoms. The van der Waals surface area contributed by atoms with E-state index in [2.05, 4.69) is 5.32 Å². The van der Waals surface area contributed by atoms with Crippen LogP contribution in [0.1, 0.15) is 30.1 Å². The predicted octanol–water partition coefficient (Wildman–Crippen LogP) is 0.887. The van der Waals surface area contributed by atoms with E-state index in [1.807, 2.05) is 18.2 Å². The van der Waals surface area contributed by atoms with Crippen LogP contribution < -0.4 is 5.32 Å². The second kappa shape index (κ2) is 8.31. The summed E-state index contributed by atoms with van der Waals surface area (Å²) in [6, 6.07) is 9.02. The standard InChI is InChI=1S/C17H23N3O3/c1-14(21)19-10-12-20(13-11-19)16(22)8-5-9-18-17(23)15-6-3-2-4-7-15/h2-4,6-7H,5,8-13H2,1H3,(H,18,23). The Morgan fingerprint density at radius 2 is 1.61 bits per heavy atom. The van der Waals surface area contributed by atoms with Crippen molar-refractivity contribution in [2.45, 2.75) is 19.8 Å². The minimum absolute atomic E-state index is 0.0562. The fourth-order valence-corrected chi connectivity index (χ4v) is 2.56. The zero-order chi connectivity index (χ0) is 16.7. The van der Waals surface area contributed by atoms with Crippen molar-refractivity contribution in [2.75, 3.05) is 32.7 Å². The monoisotopic (exact) mass is 317 g/mol. The molecule has 1 heterocycles. The van der Waals surface area contributed by atoms with E-state index in [1.54, 1.807) is 28.9 Å². The normalized spacial score (nSPS) is 14.5. The second-order valence-corrected chi connectivity index (χ2v) is 5.61. The third-order valence-electron chi connectivity index (χ3n) is 3.97. The molecule has 1 saturated heterocycles. The zero-order valence-electron chi connectivity index (χ0n) is 13.5. The van der Waals surface area contributed by atoms with Crippen molar-refractivity contribution in [1.82, 2.24) is 15.1 Å². The summed E-state index contributed by atoms with van der Waals surface area (Å²) >= 11 is 0. The number of nitrogens with zero attached hydrogens (tertiary/aromatic N) is 2. The Morgan fingerprint density at radius 3 is 2.22 bits per heavy atom. The molecule has 0 unspecified atom stereocenters. The van der Waals surface area contributed by atoms with E-state index in [-0.39, 0.29) is 17.7 Å². The molecule has 23 heavy (non-hydrogen) atoms. The first-order chi connectivity index (χ1) is 11.1. The van der Waals surface area contributed by atoms with Crippen LogP contribution in [0.4, 0.5) is 0 Å². The van der Waals surface area contributed by atoms with Gasteiger partial charge in [-0.1, -0.05) is 18.2 Å². The quantitative estimate of drug-likeness (QED) is 0.820. The molecule has 2 rings (SSSR count). The summed E-state index contributed by atoms with van der Waals surface area (Å²) in [5.41, 5.74) is 0.624. The molecule has 0 bridgehead atoms. The lowest BCUT2D eigenvalue weighted by molar-refractivity contribution is -0.138. The first kappa shape index (κ1) is 17.0. The van der Waals surface area contributed by atoms with Gasteiger partial charge >= 0.3 is 0 Å². The fourth-order valence-electron chi connectivity index (χ4n) is 2.56. The largest absolute Gasteiger partial charge is 0.352 e. The average molecular weight is 317 g/mol. The fraction of sp³-hybridized carbons (Fsp3) is 0.471. The van der Waals surface area contributed by atoms with Crippen LogP contribution in [0.15, 0.2) is 30.3 Å². The summed E-state index contributed by atoms with van der Waals surface area (Å²) < 4.78 is 0. The van der Waals surface area contributed by atoms with E-state index in [9.17, 15) is 14.4 Å². The maximum atomic E-state index is 12.1. The summed E-state index contributed by atoms with van der Waals surface area (Å²) in [5.74, 6) is 0.0241. The number of rotatable bonds is 5. The number of piperazine rings is 1. The van der Waals surface area contributed by atoms with Crippen LogP contribution in [0.3, 0.4) is 0 Å². The van der Waals surface area contributed by atoms with Gasteiger partial charge in [-0.05, 0) is 18.6 Å². The van der Waals surface area contributed by atoms with Gasteiger partial charge in [0, 0.05) is 51.6 Å². The molecule has 6 nitrogen and oxygen atoms in total. The number of carbonyl (C=O) groups excluding carboxylic acids is 3. The minimum Gasteiger partial charge on any atom is -0.352 e. The summed E-state index contributed by atoms with van der Waals surface area (Å²) in [6.07, 6.45) is 1.03. The highest BCUT2D eigenvalue weighted by Crippen LogP contribution is 2.05. The first-order valence-electron chi connectivity index (χ1n) is 7.94. The zero-order valence-corrected chi connectivity index (χ0v) is 13.5. The smallest absolute Gasteiger partial charge is 0.251 e. The van der Waals surface area contributed by atoms with Gasteiger partial charge in [-0.2, -0.15) is 0 Å². The third-order valence-corrected chi connectivity index (χ3v) is 3.97. The van der Waals surface area contributed by atoms with Gasteiger partial charge in [-0.15, -0.1) is 0 Å². The molecule has 1 aromatic carbocycles. The van der Waals surface area contributed by atoms with Gasteiger partial charge in [0.15, 0.2) is 0 Å². The number of carbonyl (C=O) groups is 3. The van der Waals surface area contributed by atoms with Gasteiger partial charge in [0.1, 0.15) is 0 Å². The van der Waals surface area contributed by atoms with Crippen LogP contribution in [0, 0.1) is 0 Å². The lowest BCUT2D eigenvalue weighted by atomic mass is 10.2. The molecule has 0 aliphatic carbocycles. The number of hydrogen-bond donors (Lipinski definition) is 1. The van der Waals surface area contributed by atoms with Crippen LogP contribution in [0.5, 0.6) is 0 Å². The highest BCUT2D eigenvalue weighted by atomic mass is 16.2. The molecule has 0 aromatic heterocycles. The number of benzene rings is 1. The third kappa shape index (κ3) is 5.09. The van der Waals surface area contributed by atoms with Crippen molar-refractivity contribution in [1.29, 1.82) is 0 Å². The van der Waals surface area contributed by atoms with Gasteiger partial charge in [-0.3, -0.25) is 14.4 Å². The molecule has 1 aliphatic heterocycles. The second-order valence-electron chi connectivity index (χ2n) is 5.61. The Hall–Kier alpha value is -2.37. The van der Waals surface area contributed by atoms with Gasteiger partial charge in [-0.25, -0.2) is 0 Å². The van der Waals surface area contributed by atoms with E-state index >= 15 is 0 Å². The lowest BCUT2D eigenvalue weighted by Gasteiger charge is -2.34. The van der Waals surface area contributed by atoms with Crippen molar-refractivity contribution >= 4 is 17.7 Å². The Balaban J connectivity index is 1.64. The van der Waals surface area contributed by atoms with Crippen LogP contribution in [0.2, 0.25) is 0 Å². The molecule has 3 amide bonds. The lowest BCUT2D eigenvalue weighted by Crippen LogP contribution is -2.50. The van der Waals surface area contributed by atoms with E-state index in [1.165, 1.54) is 0 Å². The summed E-state index contributed by atoms with van der Waals surface area (Å²) in [7, 11) is 0.